The van der Waals surface area contributed by atoms with E-state index in [2.05, 4.69) is 57.0 Å². The van der Waals surface area contributed by atoms with Crippen molar-refractivity contribution in [2.24, 2.45) is 0 Å². The summed E-state index contributed by atoms with van der Waals surface area (Å²) >= 11 is 0. The second-order valence-corrected chi connectivity index (χ2v) is 6.57. The highest BCUT2D eigenvalue weighted by Crippen LogP contribution is 2.32. The van der Waals surface area contributed by atoms with E-state index in [-0.39, 0.29) is 18.3 Å². The number of amides is 1. The summed E-state index contributed by atoms with van der Waals surface area (Å²) in [6, 6.07) is 4.12. The fraction of sp³-hybridized carbons (Fsp3) is 0.650. The van der Waals surface area contributed by atoms with E-state index in [0.717, 1.165) is 55.1 Å². The molecular weight excluding hydrogens is 336 g/mol. The van der Waals surface area contributed by atoms with Crippen LogP contribution in [0.2, 0.25) is 0 Å². The molecule has 1 aromatic carbocycles. The Bertz CT molecular complexity index is 529. The van der Waals surface area contributed by atoms with Gasteiger partial charge in [-0.05, 0) is 55.6 Å². The van der Waals surface area contributed by atoms with Crippen LogP contribution in [0.3, 0.4) is 0 Å². The zero-order chi connectivity index (χ0) is 18.1. The summed E-state index contributed by atoms with van der Waals surface area (Å²) in [5, 5.41) is 3.06. The molecule has 1 aromatic rings. The molecule has 0 spiro atoms. The third-order valence-corrected chi connectivity index (χ3v) is 4.27. The van der Waals surface area contributed by atoms with Crippen molar-refractivity contribution in [2.45, 2.75) is 60.3 Å². The van der Waals surface area contributed by atoms with Gasteiger partial charge in [-0.2, -0.15) is 0 Å². The molecule has 0 atom stereocenters. The van der Waals surface area contributed by atoms with E-state index in [1.807, 2.05) is 6.92 Å². The summed E-state index contributed by atoms with van der Waals surface area (Å²) < 4.78 is 5.96. The molecule has 0 aliphatic heterocycles. The van der Waals surface area contributed by atoms with E-state index in [4.69, 9.17) is 4.74 Å². The van der Waals surface area contributed by atoms with Gasteiger partial charge >= 0.3 is 0 Å². The first-order valence-corrected chi connectivity index (χ1v) is 9.22. The number of benzene rings is 1. The van der Waals surface area contributed by atoms with Crippen molar-refractivity contribution in [1.82, 2.24) is 4.90 Å². The maximum atomic E-state index is 12.3. The Balaban J connectivity index is 0.00000576. The topological polar surface area (TPSA) is 41.6 Å². The van der Waals surface area contributed by atoms with Crippen molar-refractivity contribution in [2.75, 3.05) is 31.6 Å². The lowest BCUT2D eigenvalue weighted by Gasteiger charge is -2.20. The van der Waals surface area contributed by atoms with Crippen molar-refractivity contribution in [3.8, 4) is 5.75 Å². The minimum absolute atomic E-state index is 0. The monoisotopic (exact) mass is 370 g/mol. The van der Waals surface area contributed by atoms with Crippen LogP contribution in [-0.2, 0) is 4.79 Å². The van der Waals surface area contributed by atoms with Gasteiger partial charge in [-0.15, -0.1) is 12.4 Å². The SMILES string of the molecule is CCCCOc1cc(C)c(NC(=O)CN(CC)CC)cc1C(C)C.Cl. The number of carbonyl (C=O) groups excluding carboxylic acids is 1. The lowest BCUT2D eigenvalue weighted by molar-refractivity contribution is -0.117. The number of halogens is 1. The number of likely N-dealkylation sites (N-methyl/N-ethyl adjacent to an activating group) is 1. The van der Waals surface area contributed by atoms with Crippen molar-refractivity contribution < 1.29 is 9.53 Å². The number of unbranched alkanes of at least 4 members (excludes halogenated alkanes) is 1. The summed E-state index contributed by atoms with van der Waals surface area (Å²) in [6.45, 7) is 15.5. The molecule has 25 heavy (non-hydrogen) atoms. The van der Waals surface area contributed by atoms with E-state index >= 15 is 0 Å². The van der Waals surface area contributed by atoms with Crippen LogP contribution < -0.4 is 10.1 Å². The quantitative estimate of drug-likeness (QED) is 0.589. The van der Waals surface area contributed by atoms with Crippen LogP contribution in [0, 0.1) is 6.92 Å². The molecule has 0 aromatic heterocycles. The number of hydrogen-bond donors (Lipinski definition) is 1. The zero-order valence-corrected chi connectivity index (χ0v) is 17.5. The molecule has 0 fully saturated rings. The van der Waals surface area contributed by atoms with Crippen molar-refractivity contribution in [3.63, 3.8) is 0 Å². The van der Waals surface area contributed by atoms with E-state index in [1.54, 1.807) is 0 Å². The van der Waals surface area contributed by atoms with E-state index in [1.165, 1.54) is 0 Å². The Morgan fingerprint density at radius 2 is 1.84 bits per heavy atom. The number of nitrogens with zero attached hydrogens (tertiary/aromatic N) is 1. The second kappa shape index (κ2) is 12.2. The van der Waals surface area contributed by atoms with E-state index < -0.39 is 0 Å². The van der Waals surface area contributed by atoms with Crippen LogP contribution >= 0.6 is 12.4 Å². The van der Waals surface area contributed by atoms with Gasteiger partial charge in [0.15, 0.2) is 0 Å². The third kappa shape index (κ3) is 7.66. The average Bonchev–Trinajstić information content (AvgIpc) is 2.54. The first-order chi connectivity index (χ1) is 11.4. The molecule has 5 heteroatoms. The largest absolute Gasteiger partial charge is 0.493 e. The Morgan fingerprint density at radius 3 is 2.36 bits per heavy atom. The molecule has 0 bridgehead atoms. The number of ether oxygens (including phenoxy) is 1. The van der Waals surface area contributed by atoms with Gasteiger partial charge in [0.1, 0.15) is 5.75 Å². The van der Waals surface area contributed by atoms with Crippen molar-refractivity contribution >= 4 is 24.0 Å². The maximum absolute atomic E-state index is 12.3. The van der Waals surface area contributed by atoms with Gasteiger partial charge in [0.25, 0.3) is 0 Å². The van der Waals surface area contributed by atoms with Crippen LogP contribution in [-0.4, -0.2) is 37.0 Å². The minimum atomic E-state index is 0. The molecule has 0 saturated heterocycles. The Morgan fingerprint density at radius 1 is 1.20 bits per heavy atom. The number of rotatable bonds is 10. The van der Waals surface area contributed by atoms with Crippen LogP contribution in [0.5, 0.6) is 5.75 Å². The smallest absolute Gasteiger partial charge is 0.238 e. The van der Waals surface area contributed by atoms with Crippen LogP contribution in [0.15, 0.2) is 12.1 Å². The first kappa shape index (κ1) is 23.7. The minimum Gasteiger partial charge on any atom is -0.493 e. The number of anilines is 1. The summed E-state index contributed by atoms with van der Waals surface area (Å²) in [5.74, 6) is 1.33. The van der Waals surface area contributed by atoms with Gasteiger partial charge in [-0.1, -0.05) is 41.0 Å². The molecule has 0 saturated carbocycles. The fourth-order valence-corrected chi connectivity index (χ4v) is 2.58. The lowest BCUT2D eigenvalue weighted by Crippen LogP contribution is -2.33. The standard InChI is InChI=1S/C20H34N2O2.ClH/c1-7-10-11-24-19-12-16(6)18(13-17(19)15(4)5)21-20(23)14-22(8-2)9-3;/h12-13,15H,7-11,14H2,1-6H3,(H,21,23);1H. The molecule has 1 rings (SSSR count). The Kier molecular flexibility index (Phi) is 11.5. The third-order valence-electron chi connectivity index (χ3n) is 4.27. The normalized spacial score (nSPS) is 10.7. The first-order valence-electron chi connectivity index (χ1n) is 9.22. The van der Waals surface area contributed by atoms with Gasteiger partial charge in [0.05, 0.1) is 13.2 Å². The van der Waals surface area contributed by atoms with Gasteiger partial charge in [0, 0.05) is 5.69 Å². The molecule has 4 nitrogen and oxygen atoms in total. The molecule has 0 radical (unpaired) electrons. The maximum Gasteiger partial charge on any atom is 0.238 e. The Labute approximate surface area is 159 Å². The lowest BCUT2D eigenvalue weighted by atomic mass is 9.99. The average molecular weight is 371 g/mol. The summed E-state index contributed by atoms with van der Waals surface area (Å²) in [7, 11) is 0. The highest BCUT2D eigenvalue weighted by molar-refractivity contribution is 5.93. The predicted molar refractivity (Wildman–Crippen MR) is 109 cm³/mol. The fourth-order valence-electron chi connectivity index (χ4n) is 2.58. The molecule has 1 N–H and O–H groups in total. The second-order valence-electron chi connectivity index (χ2n) is 6.57. The number of aryl methyl sites for hydroxylation is 1. The molecule has 0 aliphatic rings. The van der Waals surface area contributed by atoms with Crippen molar-refractivity contribution in [3.05, 3.63) is 23.3 Å². The van der Waals surface area contributed by atoms with Crippen LogP contribution in [0.1, 0.15) is 64.5 Å². The van der Waals surface area contributed by atoms with Gasteiger partial charge < -0.3 is 10.1 Å². The van der Waals surface area contributed by atoms with E-state index in [0.29, 0.717) is 12.5 Å². The number of carbonyl (C=O) groups is 1. The highest BCUT2D eigenvalue weighted by atomic mass is 35.5. The summed E-state index contributed by atoms with van der Waals surface area (Å²) in [4.78, 5) is 14.4. The molecular formula is C20H35ClN2O2. The van der Waals surface area contributed by atoms with Crippen molar-refractivity contribution in [1.29, 1.82) is 0 Å². The Hall–Kier alpha value is -1.26. The molecule has 1 amide bonds. The van der Waals surface area contributed by atoms with Crippen LogP contribution in [0.4, 0.5) is 5.69 Å². The zero-order valence-electron chi connectivity index (χ0n) is 16.6. The van der Waals surface area contributed by atoms with Crippen LogP contribution in [0.25, 0.3) is 0 Å². The number of hydrogen-bond acceptors (Lipinski definition) is 3. The molecule has 0 aliphatic carbocycles. The summed E-state index contributed by atoms with van der Waals surface area (Å²) in [5.41, 5.74) is 3.08. The van der Waals surface area contributed by atoms with Gasteiger partial charge in [0.2, 0.25) is 5.91 Å². The molecule has 0 unspecified atom stereocenters. The number of nitrogens with one attached hydrogen (secondary N) is 1. The van der Waals surface area contributed by atoms with E-state index in [9.17, 15) is 4.79 Å². The molecule has 0 heterocycles. The highest BCUT2D eigenvalue weighted by Gasteiger charge is 2.14. The van der Waals surface area contributed by atoms with Gasteiger partial charge in [-0.3, -0.25) is 9.69 Å². The summed E-state index contributed by atoms with van der Waals surface area (Å²) in [6.07, 6.45) is 2.18. The van der Waals surface area contributed by atoms with Gasteiger partial charge in [-0.25, -0.2) is 0 Å². The molecule has 144 valence electrons. The predicted octanol–water partition coefficient (Wildman–Crippen LogP) is 5.00.